The van der Waals surface area contributed by atoms with E-state index in [4.69, 9.17) is 4.74 Å². The number of hydrogen-bond donors (Lipinski definition) is 1. The predicted octanol–water partition coefficient (Wildman–Crippen LogP) is 2.74. The van der Waals surface area contributed by atoms with Crippen LogP contribution in [0.4, 0.5) is 5.69 Å². The average Bonchev–Trinajstić information content (AvgIpc) is 3.20. The second kappa shape index (κ2) is 7.67. The molecule has 0 atom stereocenters. The van der Waals surface area contributed by atoms with Crippen LogP contribution in [0, 0.1) is 0 Å². The lowest BCUT2D eigenvalue weighted by molar-refractivity contribution is -0.120. The molecule has 26 heavy (non-hydrogen) atoms. The second-order valence-corrected chi connectivity index (χ2v) is 6.70. The van der Waals surface area contributed by atoms with Gasteiger partial charge in [0.15, 0.2) is 4.96 Å². The molecule has 2 aromatic heterocycles. The van der Waals surface area contributed by atoms with Gasteiger partial charge >= 0.3 is 0 Å². The fourth-order valence-corrected chi connectivity index (χ4v) is 3.27. The summed E-state index contributed by atoms with van der Waals surface area (Å²) < 4.78 is 6.88. The Labute approximate surface area is 155 Å². The van der Waals surface area contributed by atoms with Gasteiger partial charge in [0.05, 0.1) is 5.69 Å². The topological polar surface area (TPSA) is 75.9 Å². The second-order valence-electron chi connectivity index (χ2n) is 5.86. The Morgan fingerprint density at radius 2 is 2.00 bits per heavy atom. The normalized spacial score (nSPS) is 10.9. The highest BCUT2D eigenvalue weighted by atomic mass is 32.1. The van der Waals surface area contributed by atoms with Crippen molar-refractivity contribution in [2.75, 3.05) is 32.6 Å². The van der Waals surface area contributed by atoms with Gasteiger partial charge < -0.3 is 15.0 Å². The SMILES string of the molecule is CCOCC(=O)Nc1ccc(-c2cn3c(C(=O)N(C)C)csc3n2)cc1. The third-order valence-electron chi connectivity index (χ3n) is 3.74. The lowest BCUT2D eigenvalue weighted by Gasteiger charge is -2.08. The van der Waals surface area contributed by atoms with Gasteiger partial charge in [0.2, 0.25) is 5.91 Å². The van der Waals surface area contributed by atoms with Crippen LogP contribution in [-0.2, 0) is 9.53 Å². The van der Waals surface area contributed by atoms with E-state index >= 15 is 0 Å². The molecule has 2 amide bonds. The summed E-state index contributed by atoms with van der Waals surface area (Å²) >= 11 is 1.43. The van der Waals surface area contributed by atoms with E-state index in [0.717, 1.165) is 16.2 Å². The van der Waals surface area contributed by atoms with Gasteiger partial charge in [-0.25, -0.2) is 4.98 Å². The molecule has 7 nitrogen and oxygen atoms in total. The van der Waals surface area contributed by atoms with Crippen LogP contribution in [0.2, 0.25) is 0 Å². The lowest BCUT2D eigenvalue weighted by Crippen LogP contribution is -2.22. The quantitative estimate of drug-likeness (QED) is 0.722. The van der Waals surface area contributed by atoms with E-state index in [-0.39, 0.29) is 18.4 Å². The van der Waals surface area contributed by atoms with Gasteiger partial charge in [0.25, 0.3) is 5.91 Å². The number of hydrogen-bond acceptors (Lipinski definition) is 5. The van der Waals surface area contributed by atoms with Crippen molar-refractivity contribution in [1.82, 2.24) is 14.3 Å². The number of nitrogens with one attached hydrogen (secondary N) is 1. The highest BCUT2D eigenvalue weighted by Gasteiger charge is 2.16. The van der Waals surface area contributed by atoms with Gasteiger partial charge in [0.1, 0.15) is 12.3 Å². The molecule has 0 saturated heterocycles. The zero-order valence-electron chi connectivity index (χ0n) is 14.9. The summed E-state index contributed by atoms with van der Waals surface area (Å²) in [5, 5.41) is 4.59. The van der Waals surface area contributed by atoms with Crippen LogP contribution in [0.1, 0.15) is 17.4 Å². The first-order valence-corrected chi connectivity index (χ1v) is 9.04. The lowest BCUT2D eigenvalue weighted by atomic mass is 10.1. The van der Waals surface area contributed by atoms with E-state index in [1.807, 2.05) is 42.8 Å². The molecule has 8 heteroatoms. The van der Waals surface area contributed by atoms with Gasteiger partial charge in [-0.15, -0.1) is 11.3 Å². The maximum atomic E-state index is 12.2. The number of carbonyl (C=O) groups excluding carboxylic acids is 2. The van der Waals surface area contributed by atoms with E-state index in [2.05, 4.69) is 10.3 Å². The van der Waals surface area contributed by atoms with Crippen molar-refractivity contribution in [2.24, 2.45) is 0 Å². The Balaban J connectivity index is 1.79. The number of nitrogens with zero attached hydrogens (tertiary/aromatic N) is 3. The molecule has 0 aliphatic rings. The number of carbonyl (C=O) groups is 2. The maximum Gasteiger partial charge on any atom is 0.271 e. The largest absolute Gasteiger partial charge is 0.372 e. The van der Waals surface area contributed by atoms with E-state index in [1.54, 1.807) is 23.4 Å². The van der Waals surface area contributed by atoms with Crippen LogP contribution in [0.3, 0.4) is 0 Å². The van der Waals surface area contributed by atoms with Gasteiger partial charge in [-0.2, -0.15) is 0 Å². The van der Waals surface area contributed by atoms with Gasteiger partial charge in [-0.1, -0.05) is 12.1 Å². The monoisotopic (exact) mass is 372 g/mol. The molecule has 0 aliphatic carbocycles. The van der Waals surface area contributed by atoms with Crippen molar-refractivity contribution in [3.63, 3.8) is 0 Å². The Hall–Kier alpha value is -2.71. The molecule has 2 heterocycles. The van der Waals surface area contributed by atoms with Crippen molar-refractivity contribution in [2.45, 2.75) is 6.92 Å². The molecule has 0 spiro atoms. The van der Waals surface area contributed by atoms with Crippen LogP contribution in [0.5, 0.6) is 0 Å². The molecular weight excluding hydrogens is 352 g/mol. The fraction of sp³-hybridized carbons (Fsp3) is 0.278. The Bertz CT molecular complexity index is 928. The molecule has 0 fully saturated rings. The number of benzene rings is 1. The molecule has 136 valence electrons. The molecule has 0 unspecified atom stereocenters. The van der Waals surface area contributed by atoms with Crippen LogP contribution in [-0.4, -0.2) is 53.4 Å². The van der Waals surface area contributed by atoms with Crippen LogP contribution < -0.4 is 5.32 Å². The first kappa shape index (κ1) is 18.1. The zero-order valence-corrected chi connectivity index (χ0v) is 15.7. The van der Waals surface area contributed by atoms with E-state index in [1.165, 1.54) is 11.3 Å². The highest BCUT2D eigenvalue weighted by Crippen LogP contribution is 2.25. The van der Waals surface area contributed by atoms with Gasteiger partial charge in [0, 0.05) is 43.5 Å². The number of anilines is 1. The summed E-state index contributed by atoms with van der Waals surface area (Å²) in [7, 11) is 3.45. The van der Waals surface area contributed by atoms with E-state index < -0.39 is 0 Å². The molecule has 3 rings (SSSR count). The molecule has 0 radical (unpaired) electrons. The summed E-state index contributed by atoms with van der Waals surface area (Å²) in [6, 6.07) is 7.41. The minimum absolute atomic E-state index is 0.0399. The molecule has 1 aromatic carbocycles. The van der Waals surface area contributed by atoms with Crippen molar-refractivity contribution in [1.29, 1.82) is 0 Å². The molecular formula is C18H20N4O3S. The third kappa shape index (κ3) is 3.76. The van der Waals surface area contributed by atoms with Crippen LogP contribution in [0.15, 0.2) is 35.8 Å². The highest BCUT2D eigenvalue weighted by molar-refractivity contribution is 7.15. The summed E-state index contributed by atoms with van der Waals surface area (Å²) in [5.41, 5.74) is 2.97. The minimum atomic E-state index is -0.186. The van der Waals surface area contributed by atoms with E-state index in [0.29, 0.717) is 18.0 Å². The molecule has 3 aromatic rings. The molecule has 1 N–H and O–H groups in total. The van der Waals surface area contributed by atoms with Crippen LogP contribution >= 0.6 is 11.3 Å². The van der Waals surface area contributed by atoms with Crippen molar-refractivity contribution < 1.29 is 14.3 Å². The van der Waals surface area contributed by atoms with Crippen molar-refractivity contribution >= 4 is 33.8 Å². The van der Waals surface area contributed by atoms with Gasteiger partial charge in [-0.3, -0.25) is 14.0 Å². The predicted molar refractivity (Wildman–Crippen MR) is 102 cm³/mol. The summed E-state index contributed by atoms with van der Waals surface area (Å²) in [4.78, 5) is 30.8. The number of imidazole rings is 1. The Morgan fingerprint density at radius 3 is 2.65 bits per heavy atom. The molecule has 0 saturated carbocycles. The average molecular weight is 372 g/mol. The number of ether oxygens (including phenoxy) is 1. The fourth-order valence-electron chi connectivity index (χ4n) is 2.42. The molecule has 0 aliphatic heterocycles. The number of aromatic nitrogens is 2. The minimum Gasteiger partial charge on any atom is -0.372 e. The number of fused-ring (bicyclic) bond motifs is 1. The van der Waals surface area contributed by atoms with Crippen molar-refractivity contribution in [3.8, 4) is 11.3 Å². The smallest absolute Gasteiger partial charge is 0.271 e. The standard InChI is InChI=1S/C18H20N4O3S/c1-4-25-10-16(23)19-13-7-5-12(6-8-13)14-9-22-15(17(24)21(2)3)11-26-18(22)20-14/h5-9,11H,4,10H2,1-3H3,(H,19,23). The first-order valence-electron chi connectivity index (χ1n) is 8.16. The Kier molecular flexibility index (Phi) is 5.34. The summed E-state index contributed by atoms with van der Waals surface area (Å²) in [5.74, 6) is -0.249. The molecule has 0 bridgehead atoms. The van der Waals surface area contributed by atoms with E-state index in [9.17, 15) is 9.59 Å². The first-order chi connectivity index (χ1) is 12.5. The Morgan fingerprint density at radius 1 is 1.27 bits per heavy atom. The van der Waals surface area contributed by atoms with Crippen molar-refractivity contribution in [3.05, 3.63) is 41.5 Å². The number of amides is 2. The maximum absolute atomic E-state index is 12.2. The summed E-state index contributed by atoms with van der Waals surface area (Å²) in [6.07, 6.45) is 1.85. The number of rotatable bonds is 6. The zero-order chi connectivity index (χ0) is 18.7. The third-order valence-corrected chi connectivity index (χ3v) is 4.58. The summed E-state index contributed by atoms with van der Waals surface area (Å²) in [6.45, 7) is 2.38. The number of thiazole rings is 1. The van der Waals surface area contributed by atoms with Crippen LogP contribution in [0.25, 0.3) is 16.2 Å². The van der Waals surface area contributed by atoms with Gasteiger partial charge in [-0.05, 0) is 19.1 Å².